The summed E-state index contributed by atoms with van der Waals surface area (Å²) < 4.78 is 5.58. The Labute approximate surface area is 154 Å². The van der Waals surface area contributed by atoms with E-state index in [1.54, 1.807) is 0 Å². The molecule has 0 atom stereocenters. The van der Waals surface area contributed by atoms with Gasteiger partial charge in [0.05, 0.1) is 12.3 Å². The van der Waals surface area contributed by atoms with Gasteiger partial charge in [-0.3, -0.25) is 4.90 Å². The van der Waals surface area contributed by atoms with Crippen molar-refractivity contribution in [1.82, 2.24) is 9.80 Å². The van der Waals surface area contributed by atoms with Crippen LogP contribution in [0.2, 0.25) is 0 Å². The first-order chi connectivity index (χ1) is 12.7. The number of benzene rings is 2. The molecule has 0 unspecified atom stereocenters. The number of likely N-dealkylation sites (tertiary alicyclic amines) is 1. The molecule has 0 radical (unpaired) electrons. The summed E-state index contributed by atoms with van der Waals surface area (Å²) in [4.78, 5) is 16.9. The number of urea groups is 1. The van der Waals surface area contributed by atoms with Crippen LogP contribution in [-0.2, 0) is 13.0 Å². The van der Waals surface area contributed by atoms with Crippen LogP contribution in [-0.4, -0.2) is 48.1 Å². The standard InChI is InChI=1S/C21H25N3O2/c1-2-26-20-10-6-5-9-19(20)22-21(25)24-14-18(15-24)23-12-11-16-7-3-4-8-17(16)13-23/h3-10,18H,2,11-15H2,1H3,(H,22,25). The van der Waals surface area contributed by atoms with Gasteiger partial charge in [-0.25, -0.2) is 4.79 Å². The number of nitrogens with zero attached hydrogens (tertiary/aromatic N) is 2. The maximum atomic E-state index is 12.5. The van der Waals surface area contributed by atoms with Crippen LogP contribution in [0.1, 0.15) is 18.1 Å². The number of para-hydroxylation sites is 2. The first kappa shape index (κ1) is 16.9. The van der Waals surface area contributed by atoms with Gasteiger partial charge in [0.2, 0.25) is 0 Å². The van der Waals surface area contributed by atoms with Crippen LogP contribution < -0.4 is 10.1 Å². The predicted molar refractivity (Wildman–Crippen MR) is 103 cm³/mol. The molecule has 0 bridgehead atoms. The van der Waals surface area contributed by atoms with Crippen LogP contribution in [0.4, 0.5) is 10.5 Å². The third kappa shape index (κ3) is 3.40. The lowest BCUT2D eigenvalue weighted by molar-refractivity contribution is 0.0528. The summed E-state index contributed by atoms with van der Waals surface area (Å²) in [6, 6.07) is 16.6. The van der Waals surface area contributed by atoms with E-state index in [-0.39, 0.29) is 6.03 Å². The monoisotopic (exact) mass is 351 g/mol. The van der Waals surface area contributed by atoms with Crippen molar-refractivity contribution in [3.63, 3.8) is 0 Å². The average Bonchev–Trinajstić information content (AvgIpc) is 2.62. The zero-order chi connectivity index (χ0) is 17.9. The normalized spacial score (nSPS) is 17.3. The van der Waals surface area contributed by atoms with Crippen molar-refractivity contribution in [2.45, 2.75) is 25.9 Å². The van der Waals surface area contributed by atoms with Crippen molar-refractivity contribution in [1.29, 1.82) is 0 Å². The molecule has 2 aromatic rings. The molecule has 1 fully saturated rings. The zero-order valence-corrected chi connectivity index (χ0v) is 15.1. The summed E-state index contributed by atoms with van der Waals surface area (Å²) in [7, 11) is 0. The number of anilines is 1. The number of carbonyl (C=O) groups is 1. The van der Waals surface area contributed by atoms with Crippen molar-refractivity contribution in [3.8, 4) is 5.75 Å². The van der Waals surface area contributed by atoms with Crippen molar-refractivity contribution < 1.29 is 9.53 Å². The number of amides is 2. The van der Waals surface area contributed by atoms with Gasteiger partial charge in [0, 0.05) is 32.2 Å². The van der Waals surface area contributed by atoms with Gasteiger partial charge in [0.15, 0.2) is 0 Å². The molecular weight excluding hydrogens is 326 g/mol. The smallest absolute Gasteiger partial charge is 0.322 e. The van der Waals surface area contributed by atoms with E-state index in [0.717, 1.165) is 38.3 Å². The highest BCUT2D eigenvalue weighted by molar-refractivity contribution is 5.91. The van der Waals surface area contributed by atoms with E-state index in [4.69, 9.17) is 4.74 Å². The first-order valence-electron chi connectivity index (χ1n) is 9.33. The minimum absolute atomic E-state index is 0.0502. The molecule has 2 amide bonds. The van der Waals surface area contributed by atoms with Crippen LogP contribution in [0, 0.1) is 0 Å². The van der Waals surface area contributed by atoms with Crippen molar-refractivity contribution >= 4 is 11.7 Å². The van der Waals surface area contributed by atoms with Crippen LogP contribution in [0.5, 0.6) is 5.75 Å². The maximum absolute atomic E-state index is 12.5. The molecule has 136 valence electrons. The Morgan fingerprint density at radius 3 is 2.65 bits per heavy atom. The summed E-state index contributed by atoms with van der Waals surface area (Å²) in [5.74, 6) is 0.716. The number of hydrogen-bond donors (Lipinski definition) is 1. The Kier molecular flexibility index (Phi) is 4.80. The predicted octanol–water partition coefficient (Wildman–Crippen LogP) is 3.36. The molecule has 2 aliphatic heterocycles. The fourth-order valence-electron chi connectivity index (χ4n) is 3.73. The summed E-state index contributed by atoms with van der Waals surface area (Å²) in [5, 5.41) is 2.98. The summed E-state index contributed by atoms with van der Waals surface area (Å²) in [6.45, 7) is 6.15. The lowest BCUT2D eigenvalue weighted by atomic mass is 9.97. The number of rotatable bonds is 4. The lowest BCUT2D eigenvalue weighted by Crippen LogP contribution is -2.62. The van der Waals surface area contributed by atoms with Crippen molar-refractivity contribution in [2.75, 3.05) is 31.6 Å². The number of hydrogen-bond acceptors (Lipinski definition) is 3. The highest BCUT2D eigenvalue weighted by Crippen LogP contribution is 2.27. The van der Waals surface area contributed by atoms with Gasteiger partial charge in [-0.05, 0) is 36.6 Å². The summed E-state index contributed by atoms with van der Waals surface area (Å²) in [5.41, 5.74) is 3.62. The second-order valence-corrected chi connectivity index (χ2v) is 6.91. The van der Waals surface area contributed by atoms with Gasteiger partial charge in [0.1, 0.15) is 5.75 Å². The van der Waals surface area contributed by atoms with Crippen LogP contribution in [0.15, 0.2) is 48.5 Å². The van der Waals surface area contributed by atoms with Gasteiger partial charge < -0.3 is 15.0 Å². The van der Waals surface area contributed by atoms with Crippen molar-refractivity contribution in [3.05, 3.63) is 59.7 Å². The molecule has 2 aliphatic rings. The lowest BCUT2D eigenvalue weighted by Gasteiger charge is -2.46. The second kappa shape index (κ2) is 7.38. The first-order valence-corrected chi connectivity index (χ1v) is 9.33. The molecule has 5 nitrogen and oxygen atoms in total. The minimum Gasteiger partial charge on any atom is -0.492 e. The van der Waals surface area contributed by atoms with Gasteiger partial charge >= 0.3 is 6.03 Å². The fourth-order valence-corrected chi connectivity index (χ4v) is 3.73. The number of fused-ring (bicyclic) bond motifs is 1. The minimum atomic E-state index is -0.0502. The highest BCUT2D eigenvalue weighted by Gasteiger charge is 2.36. The maximum Gasteiger partial charge on any atom is 0.322 e. The van der Waals surface area contributed by atoms with E-state index in [1.165, 1.54) is 11.1 Å². The molecule has 1 saturated heterocycles. The van der Waals surface area contributed by atoms with E-state index in [2.05, 4.69) is 34.5 Å². The highest BCUT2D eigenvalue weighted by atomic mass is 16.5. The van der Waals surface area contributed by atoms with E-state index >= 15 is 0 Å². The molecule has 5 heteroatoms. The van der Waals surface area contributed by atoms with Gasteiger partial charge in [-0.2, -0.15) is 0 Å². The third-order valence-corrected chi connectivity index (χ3v) is 5.25. The Morgan fingerprint density at radius 2 is 1.85 bits per heavy atom. The average molecular weight is 351 g/mol. The quantitative estimate of drug-likeness (QED) is 0.919. The Bertz CT molecular complexity index is 786. The van der Waals surface area contributed by atoms with Gasteiger partial charge in [0.25, 0.3) is 0 Å². The van der Waals surface area contributed by atoms with Gasteiger partial charge in [-0.15, -0.1) is 0 Å². The van der Waals surface area contributed by atoms with E-state index in [1.807, 2.05) is 36.1 Å². The molecule has 0 aliphatic carbocycles. The molecule has 26 heavy (non-hydrogen) atoms. The topological polar surface area (TPSA) is 44.8 Å². The molecule has 4 rings (SSSR count). The number of carbonyl (C=O) groups excluding carboxylic acids is 1. The third-order valence-electron chi connectivity index (χ3n) is 5.25. The summed E-state index contributed by atoms with van der Waals surface area (Å²) >= 11 is 0. The second-order valence-electron chi connectivity index (χ2n) is 6.91. The molecular formula is C21H25N3O2. The van der Waals surface area contributed by atoms with Crippen LogP contribution >= 0.6 is 0 Å². The van der Waals surface area contributed by atoms with Crippen LogP contribution in [0.3, 0.4) is 0 Å². The van der Waals surface area contributed by atoms with E-state index in [0.29, 0.717) is 18.4 Å². The van der Waals surface area contributed by atoms with Gasteiger partial charge in [-0.1, -0.05) is 36.4 Å². The summed E-state index contributed by atoms with van der Waals surface area (Å²) in [6.07, 6.45) is 1.10. The molecule has 1 N–H and O–H groups in total. The molecule has 0 saturated carbocycles. The van der Waals surface area contributed by atoms with Crippen molar-refractivity contribution in [2.24, 2.45) is 0 Å². The number of ether oxygens (including phenoxy) is 1. The molecule has 2 aromatic carbocycles. The van der Waals surface area contributed by atoms with Crippen LogP contribution in [0.25, 0.3) is 0 Å². The molecule has 0 aromatic heterocycles. The Balaban J connectivity index is 1.32. The Morgan fingerprint density at radius 1 is 1.12 bits per heavy atom. The van der Waals surface area contributed by atoms with E-state index in [9.17, 15) is 4.79 Å². The molecule has 0 spiro atoms. The largest absolute Gasteiger partial charge is 0.492 e. The van der Waals surface area contributed by atoms with E-state index < -0.39 is 0 Å². The molecule has 2 heterocycles. The Hall–Kier alpha value is -2.53. The number of nitrogens with one attached hydrogen (secondary N) is 1. The zero-order valence-electron chi connectivity index (χ0n) is 15.1. The fraction of sp³-hybridized carbons (Fsp3) is 0.381. The SMILES string of the molecule is CCOc1ccccc1NC(=O)N1CC(N2CCc3ccccc3C2)C1.